The van der Waals surface area contributed by atoms with E-state index in [1.165, 1.54) is 17.7 Å². The smallest absolute Gasteiger partial charge is 0.123 e. The summed E-state index contributed by atoms with van der Waals surface area (Å²) in [6.07, 6.45) is 1.01. The predicted molar refractivity (Wildman–Crippen MR) is 78.2 cm³/mol. The molecule has 20 heavy (non-hydrogen) atoms. The molecule has 3 heteroatoms. The van der Waals surface area contributed by atoms with Gasteiger partial charge in [-0.3, -0.25) is 0 Å². The Morgan fingerprint density at radius 2 is 1.60 bits per heavy atom. The van der Waals surface area contributed by atoms with Crippen molar-refractivity contribution >= 4 is 0 Å². The average Bonchev–Trinajstić information content (AvgIpc) is 2.47. The van der Waals surface area contributed by atoms with Gasteiger partial charge >= 0.3 is 0 Å². The van der Waals surface area contributed by atoms with Gasteiger partial charge in [0.25, 0.3) is 0 Å². The number of halogens is 1. The molecule has 0 aromatic heterocycles. The molecule has 0 fully saturated rings. The van der Waals surface area contributed by atoms with E-state index >= 15 is 0 Å². The first-order valence-electron chi connectivity index (χ1n) is 6.88. The Morgan fingerprint density at radius 3 is 2.20 bits per heavy atom. The molecule has 0 saturated carbocycles. The number of hydrogen-bond acceptors (Lipinski definition) is 1. The Kier molecular flexibility index (Phi) is 5.13. The molecule has 0 amide bonds. The van der Waals surface area contributed by atoms with Crippen LogP contribution in [0.4, 0.5) is 4.39 Å². The second-order valence-corrected chi connectivity index (χ2v) is 5.10. The molecule has 0 aliphatic rings. The molecule has 2 N–H and O–H groups in total. The standard InChI is InChI=1S/C17H20FNO/c1-13(11-14-5-9-17(20-2)10-6-14)19-12-15-3-7-16(18)8-4-15/h3-10,13,19H,11-12H2,1-2H3/p+1/t13-/m1/s1. The number of quaternary nitrogens is 1. The highest BCUT2D eigenvalue weighted by Gasteiger charge is 2.07. The molecular weight excluding hydrogens is 253 g/mol. The van der Waals surface area contributed by atoms with Crippen LogP contribution in [0.25, 0.3) is 0 Å². The number of benzene rings is 2. The molecule has 106 valence electrons. The molecule has 2 aromatic carbocycles. The zero-order chi connectivity index (χ0) is 14.4. The topological polar surface area (TPSA) is 25.8 Å². The van der Waals surface area contributed by atoms with Crippen molar-refractivity contribution in [3.05, 3.63) is 65.5 Å². The highest BCUT2D eigenvalue weighted by molar-refractivity contribution is 5.27. The van der Waals surface area contributed by atoms with Crippen LogP contribution in [0.2, 0.25) is 0 Å². The van der Waals surface area contributed by atoms with Crippen molar-refractivity contribution in [3.63, 3.8) is 0 Å². The second-order valence-electron chi connectivity index (χ2n) is 5.10. The van der Waals surface area contributed by atoms with Crippen LogP contribution in [0.1, 0.15) is 18.1 Å². The third-order valence-electron chi connectivity index (χ3n) is 3.39. The van der Waals surface area contributed by atoms with Crippen molar-refractivity contribution in [2.45, 2.75) is 25.9 Å². The van der Waals surface area contributed by atoms with Crippen LogP contribution in [0, 0.1) is 5.82 Å². The third-order valence-corrected chi connectivity index (χ3v) is 3.39. The van der Waals surface area contributed by atoms with Crippen LogP contribution in [0.3, 0.4) is 0 Å². The third kappa shape index (κ3) is 4.35. The largest absolute Gasteiger partial charge is 0.497 e. The van der Waals surface area contributed by atoms with Crippen molar-refractivity contribution in [2.75, 3.05) is 7.11 Å². The first-order chi connectivity index (χ1) is 9.67. The number of rotatable bonds is 6. The number of ether oxygens (including phenoxy) is 1. The molecule has 0 aliphatic heterocycles. The van der Waals surface area contributed by atoms with E-state index < -0.39 is 0 Å². The monoisotopic (exact) mass is 274 g/mol. The molecule has 0 unspecified atom stereocenters. The van der Waals surface area contributed by atoms with E-state index in [2.05, 4.69) is 24.4 Å². The van der Waals surface area contributed by atoms with Crippen LogP contribution < -0.4 is 10.1 Å². The molecule has 2 nitrogen and oxygen atoms in total. The van der Waals surface area contributed by atoms with Crippen LogP contribution in [0.5, 0.6) is 5.75 Å². The predicted octanol–water partition coefficient (Wildman–Crippen LogP) is 2.53. The summed E-state index contributed by atoms with van der Waals surface area (Å²) in [4.78, 5) is 0. The van der Waals surface area contributed by atoms with E-state index in [1.807, 2.05) is 24.3 Å². The molecule has 0 aliphatic carbocycles. The maximum atomic E-state index is 12.8. The van der Waals surface area contributed by atoms with Gasteiger partial charge in [-0.15, -0.1) is 0 Å². The van der Waals surface area contributed by atoms with Gasteiger partial charge < -0.3 is 10.1 Å². The zero-order valence-electron chi connectivity index (χ0n) is 12.0. The summed E-state index contributed by atoms with van der Waals surface area (Å²) in [5, 5.41) is 2.28. The molecule has 0 saturated heterocycles. The first-order valence-corrected chi connectivity index (χ1v) is 6.88. The Hall–Kier alpha value is -1.87. The van der Waals surface area contributed by atoms with Crippen molar-refractivity contribution < 1.29 is 14.4 Å². The molecule has 0 radical (unpaired) electrons. The minimum atomic E-state index is -0.181. The van der Waals surface area contributed by atoms with E-state index in [4.69, 9.17) is 4.74 Å². The molecule has 0 bridgehead atoms. The van der Waals surface area contributed by atoms with E-state index in [-0.39, 0.29) is 5.82 Å². The molecular formula is C17H21FNO+. The first kappa shape index (κ1) is 14.5. The van der Waals surface area contributed by atoms with Crippen molar-refractivity contribution in [2.24, 2.45) is 0 Å². The fourth-order valence-electron chi connectivity index (χ4n) is 2.17. The molecule has 2 aromatic rings. The Labute approximate surface area is 119 Å². The van der Waals surface area contributed by atoms with E-state index in [0.717, 1.165) is 24.3 Å². The van der Waals surface area contributed by atoms with Gasteiger partial charge in [0.05, 0.1) is 13.2 Å². The number of nitrogens with two attached hydrogens (primary N) is 1. The molecule has 0 heterocycles. The summed E-state index contributed by atoms with van der Waals surface area (Å²) in [5.41, 5.74) is 2.45. The highest BCUT2D eigenvalue weighted by atomic mass is 19.1. The maximum absolute atomic E-state index is 12.8. The minimum Gasteiger partial charge on any atom is -0.497 e. The van der Waals surface area contributed by atoms with Gasteiger partial charge in [-0.25, -0.2) is 4.39 Å². The Morgan fingerprint density at radius 1 is 1.00 bits per heavy atom. The lowest BCUT2D eigenvalue weighted by atomic mass is 10.1. The summed E-state index contributed by atoms with van der Waals surface area (Å²) >= 11 is 0. The summed E-state index contributed by atoms with van der Waals surface area (Å²) < 4.78 is 18.0. The number of hydrogen-bond donors (Lipinski definition) is 1. The SMILES string of the molecule is COc1ccc(C[C@@H](C)[NH2+]Cc2ccc(F)cc2)cc1. The van der Waals surface area contributed by atoms with Gasteiger partial charge in [-0.05, 0) is 36.8 Å². The summed E-state index contributed by atoms with van der Waals surface area (Å²) in [6.45, 7) is 3.07. The van der Waals surface area contributed by atoms with Crippen LogP contribution >= 0.6 is 0 Å². The van der Waals surface area contributed by atoms with Crippen LogP contribution in [0.15, 0.2) is 48.5 Å². The Balaban J connectivity index is 1.82. The summed E-state index contributed by atoms with van der Waals surface area (Å²) in [6, 6.07) is 15.4. The van der Waals surface area contributed by atoms with Gasteiger partial charge in [0.2, 0.25) is 0 Å². The van der Waals surface area contributed by atoms with Gasteiger partial charge in [0.15, 0.2) is 0 Å². The fraction of sp³-hybridized carbons (Fsp3) is 0.294. The van der Waals surface area contributed by atoms with Crippen molar-refractivity contribution in [1.29, 1.82) is 0 Å². The van der Waals surface area contributed by atoms with Crippen LogP contribution in [-0.4, -0.2) is 13.2 Å². The van der Waals surface area contributed by atoms with Crippen LogP contribution in [-0.2, 0) is 13.0 Å². The fourth-order valence-corrected chi connectivity index (χ4v) is 2.17. The zero-order valence-corrected chi connectivity index (χ0v) is 12.0. The van der Waals surface area contributed by atoms with Gasteiger partial charge in [0.1, 0.15) is 18.1 Å². The van der Waals surface area contributed by atoms with Crippen molar-refractivity contribution in [1.82, 2.24) is 0 Å². The Bertz CT molecular complexity index is 522. The lowest BCUT2D eigenvalue weighted by molar-refractivity contribution is -0.701. The van der Waals surface area contributed by atoms with Gasteiger partial charge in [0, 0.05) is 12.0 Å². The van der Waals surface area contributed by atoms with Gasteiger partial charge in [-0.2, -0.15) is 0 Å². The molecule has 1 atom stereocenters. The quantitative estimate of drug-likeness (QED) is 0.860. The average molecular weight is 274 g/mol. The summed E-state index contributed by atoms with van der Waals surface area (Å²) in [5.74, 6) is 0.705. The normalized spacial score (nSPS) is 12.2. The molecule has 2 rings (SSSR count). The molecule has 0 spiro atoms. The lowest BCUT2D eigenvalue weighted by Crippen LogP contribution is -2.88. The second kappa shape index (κ2) is 7.06. The summed E-state index contributed by atoms with van der Waals surface area (Å²) in [7, 11) is 1.67. The lowest BCUT2D eigenvalue weighted by Gasteiger charge is -2.11. The maximum Gasteiger partial charge on any atom is 0.123 e. The van der Waals surface area contributed by atoms with Gasteiger partial charge in [-0.1, -0.05) is 24.3 Å². The van der Waals surface area contributed by atoms with Crippen molar-refractivity contribution in [3.8, 4) is 5.75 Å². The van der Waals surface area contributed by atoms with E-state index in [1.54, 1.807) is 7.11 Å². The number of methoxy groups -OCH3 is 1. The van der Waals surface area contributed by atoms with E-state index in [9.17, 15) is 4.39 Å². The highest BCUT2D eigenvalue weighted by Crippen LogP contribution is 2.12. The van der Waals surface area contributed by atoms with E-state index in [0.29, 0.717) is 6.04 Å². The minimum absolute atomic E-state index is 0.181.